The van der Waals surface area contributed by atoms with E-state index in [1.54, 1.807) is 12.1 Å². The van der Waals surface area contributed by atoms with Crippen molar-refractivity contribution in [1.82, 2.24) is 10.3 Å². The summed E-state index contributed by atoms with van der Waals surface area (Å²) in [6, 6.07) is 14.7. The lowest BCUT2D eigenvalue weighted by molar-refractivity contribution is -0.384. The Labute approximate surface area is 167 Å². The van der Waals surface area contributed by atoms with Crippen LogP contribution in [0.4, 0.5) is 11.7 Å². The molecule has 29 heavy (non-hydrogen) atoms. The summed E-state index contributed by atoms with van der Waals surface area (Å²) in [6.45, 7) is 1.40. The normalized spacial score (nSPS) is 16.3. The number of aryl methyl sites for hydroxylation is 1. The SMILES string of the molecule is O=C(CCc1ccc([N+](=O)[O-])cc1)NCC1CCCN1c1nc2ccccc2o1. The number of aromatic nitrogens is 1. The molecule has 1 atom stereocenters. The molecular formula is C21H22N4O4. The number of carbonyl (C=O) groups is 1. The fourth-order valence-electron chi connectivity index (χ4n) is 3.64. The van der Waals surface area contributed by atoms with Crippen molar-refractivity contribution in [3.8, 4) is 0 Å². The summed E-state index contributed by atoms with van der Waals surface area (Å²) in [7, 11) is 0. The van der Waals surface area contributed by atoms with E-state index in [1.807, 2.05) is 24.3 Å². The molecule has 0 radical (unpaired) electrons. The summed E-state index contributed by atoms with van der Waals surface area (Å²) in [4.78, 5) is 29.2. The van der Waals surface area contributed by atoms with Gasteiger partial charge in [0.2, 0.25) is 5.91 Å². The number of nitro benzene ring substituents is 1. The molecule has 0 aliphatic carbocycles. The van der Waals surface area contributed by atoms with Gasteiger partial charge in [-0.2, -0.15) is 4.98 Å². The fraction of sp³-hybridized carbons (Fsp3) is 0.333. The van der Waals surface area contributed by atoms with Gasteiger partial charge in [-0.05, 0) is 37.0 Å². The molecule has 0 saturated carbocycles. The standard InChI is InChI=1S/C21H22N4O4/c26-20(12-9-15-7-10-16(11-8-15)25(27)28)22-14-17-4-3-13-24(17)21-23-18-5-1-2-6-19(18)29-21/h1-2,5-8,10-11,17H,3-4,9,12-14H2,(H,22,26). The number of para-hydroxylation sites is 2. The second-order valence-corrected chi connectivity index (χ2v) is 7.18. The Kier molecular flexibility index (Phi) is 5.41. The third-order valence-corrected chi connectivity index (χ3v) is 5.23. The molecule has 8 nitrogen and oxygen atoms in total. The number of fused-ring (bicyclic) bond motifs is 1. The maximum atomic E-state index is 12.3. The number of anilines is 1. The van der Waals surface area contributed by atoms with Crippen LogP contribution in [0, 0.1) is 10.1 Å². The molecule has 1 saturated heterocycles. The van der Waals surface area contributed by atoms with Crippen molar-refractivity contribution in [3.05, 3.63) is 64.2 Å². The molecule has 4 rings (SSSR count). The quantitative estimate of drug-likeness (QED) is 0.486. The largest absolute Gasteiger partial charge is 0.423 e. The first-order valence-corrected chi connectivity index (χ1v) is 9.72. The first-order chi connectivity index (χ1) is 14.1. The number of nitrogens with zero attached hydrogens (tertiary/aromatic N) is 3. The number of non-ortho nitro benzene ring substituents is 1. The van der Waals surface area contributed by atoms with Crippen LogP contribution in [0.25, 0.3) is 11.1 Å². The Balaban J connectivity index is 1.29. The van der Waals surface area contributed by atoms with Crippen molar-refractivity contribution in [2.45, 2.75) is 31.7 Å². The molecule has 1 aliphatic heterocycles. The third kappa shape index (κ3) is 4.37. The van der Waals surface area contributed by atoms with Gasteiger partial charge < -0.3 is 14.6 Å². The summed E-state index contributed by atoms with van der Waals surface area (Å²) >= 11 is 0. The van der Waals surface area contributed by atoms with Gasteiger partial charge in [0, 0.05) is 31.6 Å². The van der Waals surface area contributed by atoms with Gasteiger partial charge in [0.15, 0.2) is 5.58 Å². The molecule has 1 unspecified atom stereocenters. The second kappa shape index (κ2) is 8.30. The molecule has 0 bridgehead atoms. The van der Waals surface area contributed by atoms with Crippen LogP contribution in [0.1, 0.15) is 24.8 Å². The van der Waals surface area contributed by atoms with Crippen LogP contribution in [-0.4, -0.2) is 34.9 Å². The lowest BCUT2D eigenvalue weighted by atomic mass is 10.1. The molecular weight excluding hydrogens is 372 g/mol. The van der Waals surface area contributed by atoms with Crippen molar-refractivity contribution in [2.24, 2.45) is 0 Å². The van der Waals surface area contributed by atoms with E-state index in [9.17, 15) is 14.9 Å². The zero-order valence-electron chi connectivity index (χ0n) is 15.9. The number of amides is 1. The predicted molar refractivity (Wildman–Crippen MR) is 109 cm³/mol. The van der Waals surface area contributed by atoms with E-state index < -0.39 is 4.92 Å². The number of hydrogen-bond donors (Lipinski definition) is 1. The van der Waals surface area contributed by atoms with Crippen molar-refractivity contribution in [2.75, 3.05) is 18.0 Å². The predicted octanol–water partition coefficient (Wildman–Crippen LogP) is 3.45. The summed E-state index contributed by atoms with van der Waals surface area (Å²) < 4.78 is 5.87. The number of hydrogen-bond acceptors (Lipinski definition) is 6. The molecule has 1 aliphatic rings. The Morgan fingerprint density at radius 1 is 1.24 bits per heavy atom. The molecule has 1 aromatic heterocycles. The van der Waals surface area contributed by atoms with Gasteiger partial charge in [0.1, 0.15) is 5.52 Å². The first-order valence-electron chi connectivity index (χ1n) is 9.72. The molecule has 0 spiro atoms. The van der Waals surface area contributed by atoms with Crippen LogP contribution >= 0.6 is 0 Å². The van der Waals surface area contributed by atoms with Crippen LogP contribution in [0.15, 0.2) is 52.9 Å². The van der Waals surface area contributed by atoms with E-state index in [4.69, 9.17) is 4.42 Å². The zero-order valence-corrected chi connectivity index (χ0v) is 15.9. The molecule has 2 heterocycles. The number of rotatable bonds is 7. The highest BCUT2D eigenvalue weighted by Crippen LogP contribution is 2.28. The Morgan fingerprint density at radius 3 is 2.79 bits per heavy atom. The zero-order chi connectivity index (χ0) is 20.2. The van der Waals surface area contributed by atoms with E-state index in [-0.39, 0.29) is 17.6 Å². The van der Waals surface area contributed by atoms with Crippen LogP contribution < -0.4 is 10.2 Å². The van der Waals surface area contributed by atoms with Gasteiger partial charge in [-0.1, -0.05) is 24.3 Å². The number of carbonyl (C=O) groups excluding carboxylic acids is 1. The van der Waals surface area contributed by atoms with Crippen LogP contribution in [0.5, 0.6) is 0 Å². The molecule has 1 amide bonds. The number of nitrogens with one attached hydrogen (secondary N) is 1. The topological polar surface area (TPSA) is 102 Å². The van der Waals surface area contributed by atoms with E-state index in [2.05, 4.69) is 15.2 Å². The average molecular weight is 394 g/mol. The van der Waals surface area contributed by atoms with Gasteiger partial charge in [0.25, 0.3) is 11.7 Å². The highest BCUT2D eigenvalue weighted by Gasteiger charge is 2.28. The summed E-state index contributed by atoms with van der Waals surface area (Å²) in [5.41, 5.74) is 2.55. The van der Waals surface area contributed by atoms with Crippen molar-refractivity contribution < 1.29 is 14.1 Å². The van der Waals surface area contributed by atoms with E-state index in [1.165, 1.54) is 12.1 Å². The first kappa shape index (κ1) is 18.9. The number of oxazole rings is 1. The molecule has 8 heteroatoms. The van der Waals surface area contributed by atoms with Crippen LogP contribution in [0.2, 0.25) is 0 Å². The van der Waals surface area contributed by atoms with E-state index in [0.717, 1.165) is 36.0 Å². The minimum absolute atomic E-state index is 0.0345. The Hall–Kier alpha value is -3.42. The summed E-state index contributed by atoms with van der Waals surface area (Å²) in [6.07, 6.45) is 2.89. The van der Waals surface area contributed by atoms with Gasteiger partial charge in [-0.15, -0.1) is 0 Å². The average Bonchev–Trinajstić information content (AvgIpc) is 3.37. The third-order valence-electron chi connectivity index (χ3n) is 5.23. The van der Waals surface area contributed by atoms with E-state index >= 15 is 0 Å². The van der Waals surface area contributed by atoms with Crippen molar-refractivity contribution >= 4 is 28.7 Å². The monoisotopic (exact) mass is 394 g/mol. The summed E-state index contributed by atoms with van der Waals surface area (Å²) in [5, 5.41) is 13.7. The molecule has 2 aromatic carbocycles. The van der Waals surface area contributed by atoms with Crippen molar-refractivity contribution in [3.63, 3.8) is 0 Å². The molecule has 1 N–H and O–H groups in total. The minimum atomic E-state index is -0.430. The Bertz CT molecular complexity index is 982. The number of nitro groups is 1. The van der Waals surface area contributed by atoms with Gasteiger partial charge >= 0.3 is 0 Å². The van der Waals surface area contributed by atoms with Crippen molar-refractivity contribution in [1.29, 1.82) is 0 Å². The van der Waals surface area contributed by atoms with Gasteiger partial charge in [-0.25, -0.2) is 0 Å². The van der Waals surface area contributed by atoms with Crippen LogP contribution in [0.3, 0.4) is 0 Å². The molecule has 3 aromatic rings. The smallest absolute Gasteiger partial charge is 0.298 e. The van der Waals surface area contributed by atoms with Gasteiger partial charge in [-0.3, -0.25) is 14.9 Å². The highest BCUT2D eigenvalue weighted by molar-refractivity contribution is 5.76. The summed E-state index contributed by atoms with van der Waals surface area (Å²) in [5.74, 6) is -0.0345. The molecule has 150 valence electrons. The lowest BCUT2D eigenvalue weighted by Crippen LogP contribution is -2.40. The highest BCUT2D eigenvalue weighted by atomic mass is 16.6. The number of benzene rings is 2. The Morgan fingerprint density at radius 2 is 2.03 bits per heavy atom. The maximum absolute atomic E-state index is 12.3. The second-order valence-electron chi connectivity index (χ2n) is 7.18. The minimum Gasteiger partial charge on any atom is -0.423 e. The van der Waals surface area contributed by atoms with E-state index in [0.29, 0.717) is 25.4 Å². The maximum Gasteiger partial charge on any atom is 0.298 e. The van der Waals surface area contributed by atoms with Gasteiger partial charge in [0.05, 0.1) is 11.0 Å². The lowest BCUT2D eigenvalue weighted by Gasteiger charge is -2.23. The fourth-order valence-corrected chi connectivity index (χ4v) is 3.64. The molecule has 1 fully saturated rings. The van der Waals surface area contributed by atoms with Crippen LogP contribution in [-0.2, 0) is 11.2 Å².